The first-order chi connectivity index (χ1) is 8.69. The Morgan fingerprint density at radius 3 is 2.78 bits per heavy atom. The minimum atomic E-state index is -0.341. The molecule has 5 heteroatoms. The molecule has 1 aromatic carbocycles. The van der Waals surface area contributed by atoms with Gasteiger partial charge in [-0.2, -0.15) is 0 Å². The summed E-state index contributed by atoms with van der Waals surface area (Å²) in [4.78, 5) is 0. The summed E-state index contributed by atoms with van der Waals surface area (Å²) in [5.41, 5.74) is 0.338. The van der Waals surface area contributed by atoms with Crippen LogP contribution < -0.4 is 15.4 Å². The number of hydrogen-bond acceptors (Lipinski definition) is 2. The predicted octanol–water partition coefficient (Wildman–Crippen LogP) is 3.06. The summed E-state index contributed by atoms with van der Waals surface area (Å²) in [6, 6.07) is 4.95. The van der Waals surface area contributed by atoms with Crippen molar-refractivity contribution in [1.29, 1.82) is 0 Å². The summed E-state index contributed by atoms with van der Waals surface area (Å²) in [6.07, 6.45) is 4.71. The fraction of sp³-hybridized carbons (Fsp3) is 0.462. The third-order valence-corrected chi connectivity index (χ3v) is 3.33. The molecule has 1 aromatic rings. The molecule has 3 nitrogen and oxygen atoms in total. The van der Waals surface area contributed by atoms with Gasteiger partial charge in [-0.05, 0) is 37.2 Å². The number of benzene rings is 1. The second-order valence-corrected chi connectivity index (χ2v) is 4.83. The SMILES string of the molecule is COc1ccc(F)c(NC(=S)NC2CCCC2)c1. The highest BCUT2D eigenvalue weighted by atomic mass is 32.1. The van der Waals surface area contributed by atoms with Gasteiger partial charge >= 0.3 is 0 Å². The first kappa shape index (κ1) is 13.1. The molecule has 0 spiro atoms. The number of hydrogen-bond donors (Lipinski definition) is 2. The second-order valence-electron chi connectivity index (χ2n) is 4.43. The average molecular weight is 268 g/mol. The van der Waals surface area contributed by atoms with Gasteiger partial charge in [0.1, 0.15) is 11.6 Å². The Balaban J connectivity index is 1.97. The van der Waals surface area contributed by atoms with Crippen molar-refractivity contribution in [2.75, 3.05) is 12.4 Å². The number of thiocarbonyl (C=S) groups is 1. The molecule has 0 heterocycles. The van der Waals surface area contributed by atoms with Gasteiger partial charge in [0.25, 0.3) is 0 Å². The van der Waals surface area contributed by atoms with Crippen molar-refractivity contribution in [3.63, 3.8) is 0 Å². The van der Waals surface area contributed by atoms with Gasteiger partial charge in [-0.15, -0.1) is 0 Å². The molecule has 0 aromatic heterocycles. The lowest BCUT2D eigenvalue weighted by atomic mass is 10.2. The van der Waals surface area contributed by atoms with E-state index in [4.69, 9.17) is 17.0 Å². The molecule has 0 bridgehead atoms. The maximum absolute atomic E-state index is 13.6. The smallest absolute Gasteiger partial charge is 0.171 e. The fourth-order valence-electron chi connectivity index (χ4n) is 2.14. The third kappa shape index (κ3) is 3.32. The van der Waals surface area contributed by atoms with Crippen LogP contribution >= 0.6 is 12.2 Å². The van der Waals surface area contributed by atoms with Gasteiger partial charge in [0.15, 0.2) is 5.11 Å². The molecule has 0 saturated heterocycles. The van der Waals surface area contributed by atoms with Crippen LogP contribution in [0.2, 0.25) is 0 Å². The summed E-state index contributed by atoms with van der Waals surface area (Å²) in [7, 11) is 1.55. The van der Waals surface area contributed by atoms with Crippen molar-refractivity contribution >= 4 is 23.0 Å². The van der Waals surface area contributed by atoms with E-state index in [9.17, 15) is 4.39 Å². The van der Waals surface area contributed by atoms with Crippen molar-refractivity contribution in [1.82, 2.24) is 5.32 Å². The first-order valence-electron chi connectivity index (χ1n) is 6.10. The number of halogens is 1. The summed E-state index contributed by atoms with van der Waals surface area (Å²) in [5, 5.41) is 6.55. The van der Waals surface area contributed by atoms with Crippen LogP contribution in [0.5, 0.6) is 5.75 Å². The molecule has 1 fully saturated rings. The van der Waals surface area contributed by atoms with Crippen LogP contribution in [0.4, 0.5) is 10.1 Å². The minimum absolute atomic E-state index is 0.338. The molecular formula is C13H17FN2OS. The topological polar surface area (TPSA) is 33.3 Å². The number of ether oxygens (including phenoxy) is 1. The number of methoxy groups -OCH3 is 1. The summed E-state index contributed by atoms with van der Waals surface area (Å²) in [5.74, 6) is 0.258. The number of anilines is 1. The molecule has 2 rings (SSSR count). The molecule has 1 aliphatic carbocycles. The molecule has 1 aliphatic rings. The van der Waals surface area contributed by atoms with Crippen molar-refractivity contribution in [2.24, 2.45) is 0 Å². The Morgan fingerprint density at radius 2 is 2.11 bits per heavy atom. The predicted molar refractivity (Wildman–Crippen MR) is 74.6 cm³/mol. The van der Waals surface area contributed by atoms with E-state index in [0.29, 0.717) is 22.6 Å². The van der Waals surface area contributed by atoms with Crippen LogP contribution in [-0.4, -0.2) is 18.3 Å². The van der Waals surface area contributed by atoms with Crippen molar-refractivity contribution < 1.29 is 9.13 Å². The van der Waals surface area contributed by atoms with Crippen LogP contribution in [0.25, 0.3) is 0 Å². The molecule has 0 radical (unpaired) electrons. The average Bonchev–Trinajstić information content (AvgIpc) is 2.84. The Hall–Kier alpha value is -1.36. The zero-order valence-corrected chi connectivity index (χ0v) is 11.1. The molecule has 0 aliphatic heterocycles. The highest BCUT2D eigenvalue weighted by Gasteiger charge is 2.16. The molecule has 0 amide bonds. The van der Waals surface area contributed by atoms with E-state index in [1.165, 1.54) is 18.9 Å². The first-order valence-corrected chi connectivity index (χ1v) is 6.51. The van der Waals surface area contributed by atoms with Crippen LogP contribution in [-0.2, 0) is 0 Å². The van der Waals surface area contributed by atoms with Crippen LogP contribution in [0.3, 0.4) is 0 Å². The van der Waals surface area contributed by atoms with Gasteiger partial charge in [0.2, 0.25) is 0 Å². The zero-order valence-electron chi connectivity index (χ0n) is 10.3. The van der Waals surface area contributed by atoms with E-state index < -0.39 is 0 Å². The van der Waals surface area contributed by atoms with Crippen molar-refractivity contribution in [3.05, 3.63) is 24.0 Å². The minimum Gasteiger partial charge on any atom is -0.497 e. The van der Waals surface area contributed by atoms with Crippen LogP contribution in [0, 0.1) is 5.82 Å². The maximum atomic E-state index is 13.6. The Kier molecular flexibility index (Phi) is 4.36. The Bertz CT molecular complexity index is 433. The van der Waals surface area contributed by atoms with Gasteiger partial charge in [0.05, 0.1) is 12.8 Å². The standard InChI is InChI=1S/C13H17FN2OS/c1-17-10-6-7-11(14)12(8-10)16-13(18)15-9-4-2-3-5-9/h6-9H,2-5H2,1H3,(H2,15,16,18). The molecule has 1 saturated carbocycles. The van der Waals surface area contributed by atoms with Gasteiger partial charge < -0.3 is 15.4 Å². The van der Waals surface area contributed by atoms with E-state index in [0.717, 1.165) is 12.8 Å². The largest absolute Gasteiger partial charge is 0.497 e. The zero-order chi connectivity index (χ0) is 13.0. The quantitative estimate of drug-likeness (QED) is 0.826. The lowest BCUT2D eigenvalue weighted by Crippen LogP contribution is -2.36. The van der Waals surface area contributed by atoms with Crippen molar-refractivity contribution in [3.8, 4) is 5.75 Å². The second kappa shape index (κ2) is 6.00. The molecule has 18 heavy (non-hydrogen) atoms. The lowest BCUT2D eigenvalue weighted by molar-refractivity contribution is 0.414. The molecule has 0 unspecified atom stereocenters. The van der Waals surface area contributed by atoms with E-state index in [-0.39, 0.29) is 5.82 Å². The summed E-state index contributed by atoms with van der Waals surface area (Å²) < 4.78 is 18.6. The molecular weight excluding hydrogens is 251 g/mol. The van der Waals surface area contributed by atoms with Crippen molar-refractivity contribution in [2.45, 2.75) is 31.7 Å². The Morgan fingerprint density at radius 1 is 1.39 bits per heavy atom. The highest BCUT2D eigenvalue weighted by molar-refractivity contribution is 7.80. The third-order valence-electron chi connectivity index (χ3n) is 3.11. The summed E-state index contributed by atoms with van der Waals surface area (Å²) in [6.45, 7) is 0. The van der Waals surface area contributed by atoms with Gasteiger partial charge in [0, 0.05) is 12.1 Å². The monoisotopic (exact) mass is 268 g/mol. The van der Waals surface area contributed by atoms with Crippen LogP contribution in [0.15, 0.2) is 18.2 Å². The fourth-order valence-corrected chi connectivity index (χ4v) is 2.42. The van der Waals surface area contributed by atoms with Crippen LogP contribution in [0.1, 0.15) is 25.7 Å². The highest BCUT2D eigenvalue weighted by Crippen LogP contribution is 2.22. The van der Waals surface area contributed by atoms with Gasteiger partial charge in [-0.25, -0.2) is 4.39 Å². The van der Waals surface area contributed by atoms with E-state index in [1.807, 2.05) is 0 Å². The molecule has 98 valence electrons. The summed E-state index contributed by atoms with van der Waals surface area (Å²) >= 11 is 5.18. The normalized spacial score (nSPS) is 15.4. The lowest BCUT2D eigenvalue weighted by Gasteiger charge is -2.16. The van der Waals surface area contributed by atoms with Gasteiger partial charge in [-0.3, -0.25) is 0 Å². The molecule has 0 atom stereocenters. The number of rotatable bonds is 3. The van der Waals surface area contributed by atoms with E-state index in [1.54, 1.807) is 19.2 Å². The number of nitrogens with one attached hydrogen (secondary N) is 2. The van der Waals surface area contributed by atoms with E-state index in [2.05, 4.69) is 10.6 Å². The molecule has 2 N–H and O–H groups in total. The Labute approximate surface area is 112 Å². The van der Waals surface area contributed by atoms with E-state index >= 15 is 0 Å². The van der Waals surface area contributed by atoms with Gasteiger partial charge in [-0.1, -0.05) is 12.8 Å². The maximum Gasteiger partial charge on any atom is 0.171 e.